The predicted molar refractivity (Wildman–Crippen MR) is 248 cm³/mol. The Labute approximate surface area is 391 Å². The molecule has 5 N–H and O–H groups in total. The molecule has 2 aliphatic rings. The number of pyridine rings is 1. The second-order valence-electron chi connectivity index (χ2n) is 16.8. The maximum Gasteiger partial charge on any atom is 0.435 e. The topological polar surface area (TPSA) is 177 Å². The molecule has 1 aromatic carbocycles. The molecular formula is C47H61F8N10O3+. The van der Waals surface area contributed by atoms with Crippen molar-refractivity contribution in [3.8, 4) is 11.1 Å². The number of benzene rings is 1. The smallest absolute Gasteiger partial charge is 0.404 e. The molecule has 4 atom stereocenters. The van der Waals surface area contributed by atoms with Gasteiger partial charge >= 0.3 is 18.9 Å². The molecule has 4 unspecified atom stereocenters. The summed E-state index contributed by atoms with van der Waals surface area (Å²) in [6.45, 7) is 9.15. The molecule has 1 amide bonds. The summed E-state index contributed by atoms with van der Waals surface area (Å²) in [5.74, 6) is -1.05. The van der Waals surface area contributed by atoms with Gasteiger partial charge in [-0.25, -0.2) is 9.98 Å². The standard InChI is InChI=1S/C43H50F8N10O2.C2H4O.C2H6/c1-7-25(2)14-30(15-26(3)42(46,47)48)34-18-36(43(49,50)51)58-59(34)24-40(4,5)57-38(62)35(16-27(20-52)21-56-39(44)45)60-13-12-41(61(60)63)19-33(41)29-10-8-28(9-11-29)31-17-32(22-54-6)37(53)55-23-31;1-2-3;1-2/h8-11,14-15,17-18,20-23,25,33,35,39H,7,12-13,16,19,24H2,1-6H3,(H4-,52,53,54,55,56,57,62);2H,1H3;1-2H3/p+1/b26-15+,30-14+;;. The summed E-state index contributed by atoms with van der Waals surface area (Å²) in [7, 11) is 1.62. The number of alkyl halides is 8. The Morgan fingerprint density at radius 2 is 1.72 bits per heavy atom. The van der Waals surface area contributed by atoms with Gasteiger partial charge in [0.15, 0.2) is 11.7 Å². The molecule has 0 radical (unpaired) electrons. The Hall–Kier alpha value is -6.28. The Kier molecular flexibility index (Phi) is 19.5. The van der Waals surface area contributed by atoms with Gasteiger partial charge in [0.05, 0.1) is 35.1 Å². The molecule has 5 rings (SSSR count). The monoisotopic (exact) mass is 965 g/mol. The molecule has 3 aromatic rings. The maximum absolute atomic E-state index is 14.4. The van der Waals surface area contributed by atoms with Gasteiger partial charge in [0.1, 0.15) is 17.0 Å². The van der Waals surface area contributed by atoms with Crippen molar-refractivity contribution in [1.82, 2.24) is 25.1 Å². The van der Waals surface area contributed by atoms with Crippen LogP contribution in [0.4, 0.5) is 40.9 Å². The number of aromatic nitrogens is 3. The fraction of sp³-hybridized carbons (Fsp3) is 0.489. The number of aldehydes is 1. The van der Waals surface area contributed by atoms with E-state index >= 15 is 0 Å². The number of anilines is 1. The summed E-state index contributed by atoms with van der Waals surface area (Å²) < 4.78 is 111. The Balaban J connectivity index is 0.00000235. The third-order valence-corrected chi connectivity index (χ3v) is 11.3. The normalized spacial score (nSPS) is 19.0. The number of hydrogen-bond acceptors (Lipinski definition) is 9. The number of carbonyl (C=O) groups excluding carboxylic acids is 2. The number of nitroso groups, excluding NO2 is 1. The van der Waals surface area contributed by atoms with E-state index in [0.717, 1.165) is 57.9 Å². The first-order chi connectivity index (χ1) is 31.8. The first kappa shape index (κ1) is 56.0. The minimum Gasteiger partial charge on any atom is -0.404 e. The lowest BCUT2D eigenvalue weighted by atomic mass is 9.99. The van der Waals surface area contributed by atoms with Crippen LogP contribution in [0.1, 0.15) is 110 Å². The number of allylic oxidation sites excluding steroid dienone is 4. The van der Waals surface area contributed by atoms with Crippen molar-refractivity contribution >= 4 is 36.0 Å². The lowest BCUT2D eigenvalue weighted by molar-refractivity contribution is -0.727. The second kappa shape index (κ2) is 23.6. The van der Waals surface area contributed by atoms with Crippen molar-refractivity contribution in [3.05, 3.63) is 99.5 Å². The number of nitrogen functional groups attached to an aromatic ring is 1. The minimum absolute atomic E-state index is 0.00751. The van der Waals surface area contributed by atoms with Crippen molar-refractivity contribution in [3.63, 3.8) is 0 Å². The molecule has 1 aliphatic carbocycles. The number of nitrogens with one attached hydrogen (secondary N) is 1. The van der Waals surface area contributed by atoms with Crippen molar-refractivity contribution < 1.29 is 49.6 Å². The molecule has 0 bridgehead atoms. The number of nitrogens with two attached hydrogens (primary N) is 2. The molecule has 2 fully saturated rings. The highest BCUT2D eigenvalue weighted by molar-refractivity contribution is 5.88. The lowest BCUT2D eigenvalue weighted by Crippen LogP contribution is -2.56. The van der Waals surface area contributed by atoms with Crippen molar-refractivity contribution in [2.75, 3.05) is 19.3 Å². The summed E-state index contributed by atoms with van der Waals surface area (Å²) in [6.07, 6.45) is -0.927. The van der Waals surface area contributed by atoms with Gasteiger partial charge in [0.2, 0.25) is 5.91 Å². The van der Waals surface area contributed by atoms with E-state index in [4.69, 9.17) is 16.3 Å². The number of rotatable bonds is 16. The van der Waals surface area contributed by atoms with Crippen molar-refractivity contribution in [2.24, 2.45) is 21.6 Å². The van der Waals surface area contributed by atoms with Crippen LogP contribution in [-0.4, -0.2) is 92.7 Å². The number of nitrogens with zero attached hydrogens (tertiary/aromatic N) is 7. The van der Waals surface area contributed by atoms with Gasteiger partial charge in [-0.3, -0.25) is 14.5 Å². The van der Waals surface area contributed by atoms with Crippen LogP contribution in [0.3, 0.4) is 0 Å². The average Bonchev–Trinajstić information content (AvgIpc) is 3.72. The largest absolute Gasteiger partial charge is 0.435 e. The average molecular weight is 966 g/mol. The highest BCUT2D eigenvalue weighted by Crippen LogP contribution is 2.59. The van der Waals surface area contributed by atoms with Gasteiger partial charge in [-0.2, -0.15) is 40.2 Å². The van der Waals surface area contributed by atoms with Crippen LogP contribution < -0.4 is 16.8 Å². The Morgan fingerprint density at radius 3 is 2.26 bits per heavy atom. The van der Waals surface area contributed by atoms with E-state index in [1.807, 2.05) is 44.2 Å². The summed E-state index contributed by atoms with van der Waals surface area (Å²) >= 11 is 0. The number of hydrazine groups is 1. The van der Waals surface area contributed by atoms with Gasteiger partial charge in [-0.15, -0.1) is 5.01 Å². The summed E-state index contributed by atoms with van der Waals surface area (Å²) in [4.78, 5) is 49.6. The quantitative estimate of drug-likeness (QED) is 0.0317. The Bertz CT molecular complexity index is 2370. The van der Waals surface area contributed by atoms with E-state index in [9.17, 15) is 44.8 Å². The van der Waals surface area contributed by atoms with E-state index in [1.54, 1.807) is 33.3 Å². The maximum atomic E-state index is 14.4. The van der Waals surface area contributed by atoms with Gasteiger partial charge in [-0.1, -0.05) is 64.5 Å². The van der Waals surface area contributed by atoms with Crippen molar-refractivity contribution in [2.45, 2.75) is 130 Å². The third-order valence-electron chi connectivity index (χ3n) is 11.3. The number of halogens is 8. The first-order valence-corrected chi connectivity index (χ1v) is 21.9. The van der Waals surface area contributed by atoms with Gasteiger partial charge in [-0.05, 0) is 80.3 Å². The molecule has 1 saturated carbocycles. The van der Waals surface area contributed by atoms with E-state index in [2.05, 4.69) is 25.4 Å². The van der Waals surface area contributed by atoms with E-state index in [0.29, 0.717) is 36.7 Å². The number of aliphatic imine (C=N–C) groups is 2. The zero-order valence-corrected chi connectivity index (χ0v) is 39.6. The van der Waals surface area contributed by atoms with E-state index < -0.39 is 59.7 Å². The van der Waals surface area contributed by atoms with Crippen LogP contribution in [0.2, 0.25) is 0 Å². The molecule has 372 valence electrons. The highest BCUT2D eigenvalue weighted by Gasteiger charge is 2.74. The van der Waals surface area contributed by atoms with Crippen LogP contribution in [-0.2, 0) is 22.3 Å². The zero-order valence-electron chi connectivity index (χ0n) is 39.6. The lowest BCUT2D eigenvalue weighted by Gasteiger charge is -2.30. The van der Waals surface area contributed by atoms with Gasteiger partial charge in [0.25, 0.3) is 5.54 Å². The molecule has 2 aromatic heterocycles. The second-order valence-corrected chi connectivity index (χ2v) is 16.8. The number of carbonyl (C=O) groups is 2. The SMILES string of the molecule is CC.CC=O.CCC(C)/C=C(\C=C(/C)C(F)(F)F)c1cc(C(F)(F)F)nn1CC(C)(C)NC(=O)C(CC(=C/N)/C=N/C(F)F)N1CCC2(CC2c2ccc(-c3cnc(N)c(C=NC)c3)cc2)[N+]1=O. The van der Waals surface area contributed by atoms with Gasteiger partial charge < -0.3 is 21.6 Å². The van der Waals surface area contributed by atoms with Gasteiger partial charge in [0, 0.05) is 61.6 Å². The highest BCUT2D eigenvalue weighted by atomic mass is 19.4. The van der Waals surface area contributed by atoms with Crippen LogP contribution in [0, 0.1) is 10.8 Å². The molecule has 3 heterocycles. The van der Waals surface area contributed by atoms with Crippen LogP contribution in [0.5, 0.6) is 0 Å². The summed E-state index contributed by atoms with van der Waals surface area (Å²) in [5.41, 5.74) is 9.63. The fourth-order valence-electron chi connectivity index (χ4n) is 7.60. The fourth-order valence-corrected chi connectivity index (χ4v) is 7.60. The number of hydrogen-bond donors (Lipinski definition) is 3. The summed E-state index contributed by atoms with van der Waals surface area (Å²) in [6, 6.07) is 8.72. The molecule has 1 aliphatic heterocycles. The Morgan fingerprint density at radius 1 is 1.09 bits per heavy atom. The predicted octanol–water partition coefficient (Wildman–Crippen LogP) is 9.88. The van der Waals surface area contributed by atoms with Crippen LogP contribution in [0.15, 0.2) is 82.1 Å². The molecule has 68 heavy (non-hydrogen) atoms. The van der Waals surface area contributed by atoms with E-state index in [-0.39, 0.29) is 41.6 Å². The minimum atomic E-state index is -4.97. The van der Waals surface area contributed by atoms with Crippen LogP contribution >= 0.6 is 0 Å². The van der Waals surface area contributed by atoms with E-state index in [1.165, 1.54) is 31.9 Å². The molecular weight excluding hydrogens is 905 g/mol. The zero-order chi connectivity index (χ0) is 51.4. The first-order valence-electron chi connectivity index (χ1n) is 21.9. The molecule has 1 saturated heterocycles. The molecule has 21 heteroatoms. The third kappa shape index (κ3) is 14.4. The molecule has 13 nitrogen and oxygen atoms in total. The number of amides is 1. The van der Waals surface area contributed by atoms with Crippen LogP contribution in [0.25, 0.3) is 16.7 Å². The molecule has 1 spiro atoms. The van der Waals surface area contributed by atoms with Crippen molar-refractivity contribution in [1.29, 1.82) is 0 Å². The summed E-state index contributed by atoms with van der Waals surface area (Å²) in [5, 5.41) is 7.77.